The summed E-state index contributed by atoms with van der Waals surface area (Å²) < 4.78 is 0. The van der Waals surface area contributed by atoms with Gasteiger partial charge in [0, 0.05) is 0 Å². The third-order valence-corrected chi connectivity index (χ3v) is 6.11. The summed E-state index contributed by atoms with van der Waals surface area (Å²) in [6.07, 6.45) is 5.54. The Hall–Kier alpha value is -2.43. The molecule has 1 aromatic rings. The number of nitrogens with one attached hydrogen (secondary N) is 1. The molecule has 6 atom stereocenters. The van der Waals surface area contributed by atoms with Gasteiger partial charge in [-0.05, 0) is 35.7 Å². The van der Waals surface area contributed by atoms with E-state index in [0.717, 1.165) is 17.0 Å². The van der Waals surface area contributed by atoms with Crippen LogP contribution in [0.3, 0.4) is 0 Å². The first kappa shape index (κ1) is 14.0. The van der Waals surface area contributed by atoms with Gasteiger partial charge >= 0.3 is 0 Å². The van der Waals surface area contributed by atoms with Crippen molar-refractivity contribution in [3.63, 3.8) is 0 Å². The lowest BCUT2D eigenvalue weighted by atomic mass is 9.63. The number of carbonyl (C=O) groups excluding carboxylic acids is 3. The van der Waals surface area contributed by atoms with Crippen LogP contribution in [0.4, 0.5) is 0 Å². The molecule has 122 valence electrons. The Balaban J connectivity index is 1.34. The van der Waals surface area contributed by atoms with Crippen LogP contribution in [0.25, 0.3) is 0 Å². The molecule has 5 nitrogen and oxygen atoms in total. The monoisotopic (exact) mass is 322 g/mol. The Bertz CT molecular complexity index is 736. The van der Waals surface area contributed by atoms with Crippen LogP contribution < -0.4 is 5.43 Å². The zero-order valence-electron chi connectivity index (χ0n) is 13.1. The van der Waals surface area contributed by atoms with Crippen molar-refractivity contribution in [2.24, 2.45) is 35.5 Å². The van der Waals surface area contributed by atoms with Gasteiger partial charge in [0.05, 0.1) is 18.3 Å². The number of amides is 3. The predicted molar refractivity (Wildman–Crippen MR) is 84.8 cm³/mol. The number of allylic oxidation sites excluding steroid dienone is 2. The van der Waals surface area contributed by atoms with Crippen LogP contribution in [-0.2, 0) is 20.8 Å². The average Bonchev–Trinajstić information content (AvgIpc) is 3.37. The van der Waals surface area contributed by atoms with E-state index in [-0.39, 0.29) is 47.8 Å². The maximum Gasteiger partial charge on any atom is 0.252 e. The number of rotatable bonds is 3. The molecule has 1 N–H and O–H groups in total. The largest absolute Gasteiger partial charge is 0.273 e. The van der Waals surface area contributed by atoms with Gasteiger partial charge in [0.2, 0.25) is 5.91 Å². The lowest BCUT2D eigenvalue weighted by molar-refractivity contribution is -0.149. The van der Waals surface area contributed by atoms with E-state index in [0.29, 0.717) is 11.8 Å². The van der Waals surface area contributed by atoms with Crippen molar-refractivity contribution < 1.29 is 14.4 Å². The van der Waals surface area contributed by atoms with Crippen molar-refractivity contribution in [1.82, 2.24) is 10.4 Å². The van der Waals surface area contributed by atoms with E-state index in [1.54, 1.807) is 0 Å². The molecule has 2 saturated carbocycles. The maximum atomic E-state index is 12.7. The van der Waals surface area contributed by atoms with Crippen molar-refractivity contribution >= 4 is 17.7 Å². The fourth-order valence-corrected chi connectivity index (χ4v) is 5.01. The highest BCUT2D eigenvalue weighted by atomic mass is 16.2. The molecule has 0 radical (unpaired) electrons. The maximum absolute atomic E-state index is 12.7. The predicted octanol–water partition coefficient (Wildman–Crippen LogP) is 1.31. The van der Waals surface area contributed by atoms with Gasteiger partial charge < -0.3 is 0 Å². The van der Waals surface area contributed by atoms with Gasteiger partial charge in [0.25, 0.3) is 11.8 Å². The highest BCUT2D eigenvalue weighted by Gasteiger charge is 2.67. The van der Waals surface area contributed by atoms with E-state index in [1.165, 1.54) is 0 Å². The number of nitrogens with zero attached hydrogens (tertiary/aromatic N) is 1. The van der Waals surface area contributed by atoms with Gasteiger partial charge in [-0.1, -0.05) is 42.5 Å². The smallest absolute Gasteiger partial charge is 0.252 e. The summed E-state index contributed by atoms with van der Waals surface area (Å²) >= 11 is 0. The lowest BCUT2D eigenvalue weighted by Crippen LogP contribution is -2.47. The molecule has 6 rings (SSSR count). The van der Waals surface area contributed by atoms with Gasteiger partial charge in [-0.3, -0.25) is 19.8 Å². The Morgan fingerprint density at radius 1 is 1.00 bits per heavy atom. The van der Waals surface area contributed by atoms with Gasteiger partial charge in [0.15, 0.2) is 0 Å². The lowest BCUT2D eigenvalue weighted by Gasteiger charge is -2.37. The summed E-state index contributed by atoms with van der Waals surface area (Å²) in [6.45, 7) is 0. The number of imide groups is 1. The minimum Gasteiger partial charge on any atom is -0.273 e. The first-order valence-electron chi connectivity index (χ1n) is 8.54. The highest BCUT2D eigenvalue weighted by molar-refractivity contribution is 6.07. The molecule has 3 amide bonds. The summed E-state index contributed by atoms with van der Waals surface area (Å²) in [5.74, 6) is 0.173. The fourth-order valence-electron chi connectivity index (χ4n) is 5.01. The van der Waals surface area contributed by atoms with Gasteiger partial charge in [-0.25, -0.2) is 0 Å². The van der Waals surface area contributed by atoms with Crippen LogP contribution in [0.15, 0.2) is 42.5 Å². The molecule has 1 aliphatic heterocycles. The van der Waals surface area contributed by atoms with E-state index >= 15 is 0 Å². The van der Waals surface area contributed by atoms with Gasteiger partial charge in [-0.15, -0.1) is 0 Å². The van der Waals surface area contributed by atoms with Crippen LogP contribution in [0.1, 0.15) is 12.0 Å². The molecular weight excluding hydrogens is 304 g/mol. The van der Waals surface area contributed by atoms with Crippen LogP contribution >= 0.6 is 0 Å². The third kappa shape index (κ3) is 1.84. The number of hydrogen-bond donors (Lipinski definition) is 1. The average molecular weight is 322 g/mol. The first-order valence-corrected chi connectivity index (χ1v) is 8.54. The summed E-state index contributed by atoms with van der Waals surface area (Å²) in [6, 6.07) is 9.31. The SMILES string of the molecule is O=C(Cc1ccccc1)NN1C(=O)[C@H]2[C@@H]3C=C[C@H]([C@H]4C[C@H]34)[C@@H]2C1=O. The quantitative estimate of drug-likeness (QED) is 0.674. The van der Waals surface area contributed by atoms with Crippen LogP contribution in [-0.4, -0.2) is 22.7 Å². The minimum atomic E-state index is -0.327. The van der Waals surface area contributed by atoms with Crippen molar-refractivity contribution in [3.05, 3.63) is 48.0 Å². The van der Waals surface area contributed by atoms with Gasteiger partial charge in [0.1, 0.15) is 0 Å². The molecule has 0 aromatic heterocycles. The standard InChI is InChI=1S/C19H18N2O3/c22-15(8-10-4-2-1-3-5-10)20-21-18(23)16-11-6-7-12(14-9-13(11)14)17(16)19(21)24/h1-7,11-14,16-17H,8-9H2,(H,20,22)/t11-,12-,13-,14-,16+,17+/m1/s1. The first-order chi connectivity index (χ1) is 11.6. The topological polar surface area (TPSA) is 66.5 Å². The molecule has 2 bridgehead atoms. The molecule has 0 unspecified atom stereocenters. The van der Waals surface area contributed by atoms with E-state index in [1.807, 2.05) is 30.3 Å². The van der Waals surface area contributed by atoms with Crippen LogP contribution in [0.2, 0.25) is 0 Å². The molecule has 24 heavy (non-hydrogen) atoms. The van der Waals surface area contributed by atoms with Crippen molar-refractivity contribution in [2.75, 3.05) is 0 Å². The van der Waals surface area contributed by atoms with E-state index < -0.39 is 0 Å². The normalized spacial score (nSPS) is 38.1. The zero-order chi connectivity index (χ0) is 16.4. The summed E-state index contributed by atoms with van der Waals surface area (Å²) in [5.41, 5.74) is 3.41. The highest BCUT2D eigenvalue weighted by Crippen LogP contribution is 2.65. The van der Waals surface area contributed by atoms with Crippen LogP contribution in [0.5, 0.6) is 0 Å². The minimum absolute atomic E-state index is 0.156. The zero-order valence-corrected chi connectivity index (χ0v) is 13.1. The van der Waals surface area contributed by atoms with Crippen molar-refractivity contribution in [1.29, 1.82) is 0 Å². The van der Waals surface area contributed by atoms with E-state index in [2.05, 4.69) is 17.6 Å². The molecule has 5 aliphatic rings. The number of hydrogen-bond acceptors (Lipinski definition) is 3. The Kier molecular flexibility index (Phi) is 2.78. The van der Waals surface area contributed by atoms with Crippen molar-refractivity contribution in [3.8, 4) is 0 Å². The molecule has 3 fully saturated rings. The second-order valence-corrected chi connectivity index (χ2v) is 7.36. The summed E-state index contributed by atoms with van der Waals surface area (Å²) in [5, 5.41) is 0.998. The van der Waals surface area contributed by atoms with Crippen molar-refractivity contribution in [2.45, 2.75) is 12.8 Å². The van der Waals surface area contributed by atoms with Gasteiger partial charge in [-0.2, -0.15) is 5.01 Å². The molecular formula is C19H18N2O3. The molecule has 1 aromatic carbocycles. The Labute approximate surface area is 139 Å². The second kappa shape index (κ2) is 4.79. The summed E-state index contributed by atoms with van der Waals surface area (Å²) in [7, 11) is 0. The number of carbonyl (C=O) groups is 3. The second-order valence-electron chi connectivity index (χ2n) is 7.36. The number of benzene rings is 1. The Morgan fingerprint density at radius 2 is 1.58 bits per heavy atom. The fraction of sp³-hybridized carbons (Fsp3) is 0.421. The van der Waals surface area contributed by atoms with E-state index in [9.17, 15) is 14.4 Å². The molecule has 5 heteroatoms. The third-order valence-electron chi connectivity index (χ3n) is 6.11. The number of hydrazine groups is 1. The van der Waals surface area contributed by atoms with E-state index in [4.69, 9.17) is 0 Å². The molecule has 0 spiro atoms. The molecule has 1 heterocycles. The Morgan fingerprint density at radius 3 is 2.17 bits per heavy atom. The van der Waals surface area contributed by atoms with Crippen LogP contribution in [0, 0.1) is 35.5 Å². The summed E-state index contributed by atoms with van der Waals surface area (Å²) in [4.78, 5) is 37.7. The molecule has 4 aliphatic carbocycles. The molecule has 1 saturated heterocycles.